The van der Waals surface area contributed by atoms with E-state index in [1.54, 1.807) is 0 Å². The molecular weight excluding hydrogens is 324 g/mol. The van der Waals surface area contributed by atoms with Crippen molar-refractivity contribution in [3.63, 3.8) is 0 Å². The van der Waals surface area contributed by atoms with E-state index >= 15 is 0 Å². The van der Waals surface area contributed by atoms with Gasteiger partial charge in [-0.25, -0.2) is 0 Å². The highest BCUT2D eigenvalue weighted by Crippen LogP contribution is 2.30. The van der Waals surface area contributed by atoms with Crippen molar-refractivity contribution in [3.8, 4) is 0 Å². The Kier molecular flexibility index (Phi) is 15.1. The predicted octanol–water partition coefficient (Wildman–Crippen LogP) is 1.49. The maximum atomic E-state index is 8.50. The quantitative estimate of drug-likeness (QED) is 0.569. The van der Waals surface area contributed by atoms with Gasteiger partial charge in [0.05, 0.1) is 31.8 Å². The molecule has 4 N–H and O–H groups in total. The molecule has 0 aliphatic carbocycles. The van der Waals surface area contributed by atoms with Gasteiger partial charge in [0.25, 0.3) is 0 Å². The largest absolute Gasteiger partial charge is 0.396 e. The van der Waals surface area contributed by atoms with E-state index in [1.807, 2.05) is 43.2 Å². The normalized spacial score (nSPS) is 18.3. The molecule has 2 aliphatic heterocycles. The van der Waals surface area contributed by atoms with Crippen LogP contribution in [-0.4, -0.2) is 69.9 Å². The van der Waals surface area contributed by atoms with Crippen LogP contribution in [0.2, 0.25) is 0 Å². The first-order chi connectivity index (χ1) is 9.24. The smallest absolute Gasteiger partial charge is 0.0627 e. The highest BCUT2D eigenvalue weighted by atomic mass is 33.1. The van der Waals surface area contributed by atoms with Crippen LogP contribution < -0.4 is 0 Å². The number of hydrogen-bond acceptors (Lipinski definition) is 8. The number of hydrogen-bond donors (Lipinski definition) is 4. The van der Waals surface area contributed by atoms with Crippen molar-refractivity contribution in [1.29, 1.82) is 0 Å². The molecule has 8 heteroatoms. The molecular formula is C11H24O4S4. The number of aliphatic hydroxyl groups excluding tert-OH is 4. The first kappa shape index (κ1) is 20.2. The average molecular weight is 349 g/mol. The minimum absolute atomic E-state index is 0.406. The van der Waals surface area contributed by atoms with Crippen LogP contribution in [0.5, 0.6) is 0 Å². The van der Waals surface area contributed by atoms with Crippen LogP contribution in [0.3, 0.4) is 0 Å². The molecule has 0 saturated carbocycles. The first-order valence-corrected chi connectivity index (χ1v) is 11.1. The molecule has 2 heterocycles. The maximum absolute atomic E-state index is 8.50. The summed E-state index contributed by atoms with van der Waals surface area (Å²) in [6.45, 7) is -1.62. The fourth-order valence-corrected chi connectivity index (χ4v) is 5.60. The van der Waals surface area contributed by atoms with Gasteiger partial charge in [-0.3, -0.25) is 0 Å². The van der Waals surface area contributed by atoms with Crippen LogP contribution in [-0.2, 0) is 0 Å². The van der Waals surface area contributed by atoms with E-state index in [2.05, 4.69) is 0 Å². The summed E-state index contributed by atoms with van der Waals surface area (Å²) < 4.78 is 0. The van der Waals surface area contributed by atoms with Gasteiger partial charge in [0, 0.05) is 23.0 Å². The van der Waals surface area contributed by atoms with E-state index in [1.165, 1.54) is 35.9 Å². The van der Waals surface area contributed by atoms with Gasteiger partial charge in [-0.05, 0) is 12.8 Å². The third-order valence-electron chi connectivity index (χ3n) is 2.42. The standard InChI is InChI=1S/C5H12O4.2C3H6S2/c6-1-5(2-7,3-8)4-9;2*1-2-4-5-3-1/h6-9H,1-4H2;2*1-3H2. The third kappa shape index (κ3) is 10.6. The molecule has 2 fully saturated rings. The Bertz CT molecular complexity index is 143. The van der Waals surface area contributed by atoms with E-state index in [0.717, 1.165) is 0 Å². The first-order valence-electron chi connectivity index (χ1n) is 6.17. The molecule has 0 aromatic carbocycles. The molecule has 0 atom stereocenters. The zero-order chi connectivity index (χ0) is 14.4. The second-order valence-corrected chi connectivity index (χ2v) is 9.53. The van der Waals surface area contributed by atoms with Crippen LogP contribution in [0.15, 0.2) is 0 Å². The van der Waals surface area contributed by atoms with Gasteiger partial charge >= 0.3 is 0 Å². The Morgan fingerprint density at radius 3 is 0.895 bits per heavy atom. The SMILES string of the molecule is C1CSSC1.C1CSSC1.OCC(CO)(CO)CO. The Morgan fingerprint density at radius 1 is 0.579 bits per heavy atom. The summed E-state index contributed by atoms with van der Waals surface area (Å²) in [6, 6.07) is 0. The van der Waals surface area contributed by atoms with Crippen LogP contribution in [0.4, 0.5) is 0 Å². The molecule has 0 unspecified atom stereocenters. The van der Waals surface area contributed by atoms with Crippen LogP contribution in [0, 0.1) is 5.41 Å². The monoisotopic (exact) mass is 348 g/mol. The minimum Gasteiger partial charge on any atom is -0.396 e. The van der Waals surface area contributed by atoms with E-state index < -0.39 is 31.8 Å². The van der Waals surface area contributed by atoms with Crippen molar-refractivity contribution in [2.45, 2.75) is 12.8 Å². The molecule has 4 nitrogen and oxygen atoms in total. The molecule has 2 rings (SSSR count). The molecule has 0 aromatic heterocycles. The lowest BCUT2D eigenvalue weighted by Gasteiger charge is -2.23. The van der Waals surface area contributed by atoms with E-state index in [4.69, 9.17) is 20.4 Å². The van der Waals surface area contributed by atoms with Gasteiger partial charge in [-0.2, -0.15) is 0 Å². The van der Waals surface area contributed by atoms with Gasteiger partial charge < -0.3 is 20.4 Å². The second kappa shape index (κ2) is 14.2. The van der Waals surface area contributed by atoms with Crippen molar-refractivity contribution in [2.24, 2.45) is 5.41 Å². The molecule has 0 bridgehead atoms. The van der Waals surface area contributed by atoms with Crippen molar-refractivity contribution < 1.29 is 20.4 Å². The Labute approximate surface area is 131 Å². The Hall–Kier alpha value is 1.24. The summed E-state index contributed by atoms with van der Waals surface area (Å²) in [7, 11) is 7.96. The number of rotatable bonds is 4. The minimum atomic E-state index is -1.11. The fourth-order valence-electron chi connectivity index (χ4n) is 0.889. The van der Waals surface area contributed by atoms with Crippen molar-refractivity contribution in [2.75, 3.05) is 49.4 Å². The summed E-state index contributed by atoms with van der Waals surface area (Å²) in [5.41, 5.74) is -1.11. The van der Waals surface area contributed by atoms with Gasteiger partial charge in [0.2, 0.25) is 0 Å². The third-order valence-corrected chi connectivity index (χ3v) is 7.57. The highest BCUT2D eigenvalue weighted by Gasteiger charge is 2.26. The van der Waals surface area contributed by atoms with Gasteiger partial charge in [0.1, 0.15) is 0 Å². The fraction of sp³-hybridized carbons (Fsp3) is 1.00. The summed E-state index contributed by atoms with van der Waals surface area (Å²) in [5, 5.41) is 34.0. The summed E-state index contributed by atoms with van der Waals surface area (Å²) >= 11 is 0. The molecule has 19 heavy (non-hydrogen) atoms. The van der Waals surface area contributed by atoms with Crippen molar-refractivity contribution >= 4 is 43.2 Å². The van der Waals surface area contributed by atoms with Crippen LogP contribution in [0.1, 0.15) is 12.8 Å². The molecule has 0 aromatic rings. The van der Waals surface area contributed by atoms with E-state index in [9.17, 15) is 0 Å². The van der Waals surface area contributed by atoms with Crippen molar-refractivity contribution in [3.05, 3.63) is 0 Å². The summed E-state index contributed by atoms with van der Waals surface area (Å²) in [5.74, 6) is 5.52. The zero-order valence-corrected chi connectivity index (χ0v) is 14.3. The van der Waals surface area contributed by atoms with Crippen LogP contribution in [0.25, 0.3) is 0 Å². The van der Waals surface area contributed by atoms with E-state index in [0.29, 0.717) is 0 Å². The summed E-state index contributed by atoms with van der Waals surface area (Å²) in [6.07, 6.45) is 2.85. The topological polar surface area (TPSA) is 80.9 Å². The van der Waals surface area contributed by atoms with Gasteiger partial charge in [-0.15, -0.1) is 0 Å². The van der Waals surface area contributed by atoms with Gasteiger partial charge in [0.15, 0.2) is 0 Å². The summed E-state index contributed by atoms with van der Waals surface area (Å²) in [4.78, 5) is 0. The molecule has 0 radical (unpaired) electrons. The van der Waals surface area contributed by atoms with E-state index in [-0.39, 0.29) is 0 Å². The lowest BCUT2D eigenvalue weighted by molar-refractivity contribution is -0.0328. The van der Waals surface area contributed by atoms with Crippen LogP contribution >= 0.6 is 43.2 Å². The van der Waals surface area contributed by atoms with Crippen molar-refractivity contribution in [1.82, 2.24) is 0 Å². The Morgan fingerprint density at radius 2 is 0.842 bits per heavy atom. The zero-order valence-electron chi connectivity index (χ0n) is 11.0. The number of aliphatic hydroxyl groups is 4. The lowest BCUT2D eigenvalue weighted by Crippen LogP contribution is -2.37. The average Bonchev–Trinajstić information content (AvgIpc) is 3.20. The lowest BCUT2D eigenvalue weighted by atomic mass is 9.93. The highest BCUT2D eigenvalue weighted by molar-refractivity contribution is 8.77. The second-order valence-electron chi connectivity index (χ2n) is 4.13. The molecule has 0 amide bonds. The molecule has 0 spiro atoms. The molecule has 2 saturated heterocycles. The maximum Gasteiger partial charge on any atom is 0.0627 e. The molecule has 116 valence electrons. The predicted molar refractivity (Wildman–Crippen MR) is 89.8 cm³/mol. The Balaban J connectivity index is 0.000000273. The molecule has 2 aliphatic rings. The van der Waals surface area contributed by atoms with Gasteiger partial charge in [-0.1, -0.05) is 43.2 Å².